The maximum absolute atomic E-state index is 5.65. The molecule has 0 saturated heterocycles. The number of hydrogen-bond acceptors (Lipinski definition) is 3. The van der Waals surface area contributed by atoms with Crippen molar-refractivity contribution in [1.82, 2.24) is 0 Å². The molecule has 3 nitrogen and oxygen atoms in total. The second kappa shape index (κ2) is 6.50. The number of ether oxygens (including phenoxy) is 2. The minimum atomic E-state index is 0.624. The highest BCUT2D eigenvalue weighted by atomic mass is 16.5. The molecule has 2 rings (SSSR count). The Labute approximate surface area is 103 Å². The van der Waals surface area contributed by atoms with Crippen molar-refractivity contribution in [3.8, 4) is 5.75 Å². The Morgan fingerprint density at radius 2 is 2.18 bits per heavy atom. The molecule has 1 aromatic carbocycles. The molecule has 0 bridgehead atoms. The number of benzene rings is 1. The third-order valence-corrected chi connectivity index (χ3v) is 2.86. The molecular formula is C14H21NO2. The van der Waals surface area contributed by atoms with Crippen LogP contribution in [0.25, 0.3) is 0 Å². The molecule has 0 radical (unpaired) electrons. The molecule has 1 aliphatic rings. The molecule has 0 aliphatic carbocycles. The highest BCUT2D eigenvalue weighted by molar-refractivity contribution is 5.56. The van der Waals surface area contributed by atoms with Crippen LogP contribution >= 0.6 is 0 Å². The van der Waals surface area contributed by atoms with Gasteiger partial charge in [-0.05, 0) is 30.9 Å². The molecule has 0 spiro atoms. The van der Waals surface area contributed by atoms with Gasteiger partial charge in [0.15, 0.2) is 0 Å². The van der Waals surface area contributed by atoms with Crippen LogP contribution in [0.5, 0.6) is 5.75 Å². The summed E-state index contributed by atoms with van der Waals surface area (Å²) >= 11 is 0. The number of anilines is 1. The van der Waals surface area contributed by atoms with Crippen LogP contribution < -0.4 is 10.1 Å². The summed E-state index contributed by atoms with van der Waals surface area (Å²) in [5.41, 5.74) is 2.62. The van der Waals surface area contributed by atoms with E-state index in [1.807, 2.05) is 6.07 Å². The van der Waals surface area contributed by atoms with E-state index in [2.05, 4.69) is 24.4 Å². The summed E-state index contributed by atoms with van der Waals surface area (Å²) in [6.45, 7) is 5.28. The summed E-state index contributed by atoms with van der Waals surface area (Å²) in [6.07, 6.45) is 3.45. The lowest BCUT2D eigenvalue weighted by Gasteiger charge is -2.18. The lowest BCUT2D eigenvalue weighted by Crippen LogP contribution is -2.12. The molecular weight excluding hydrogens is 214 g/mol. The van der Waals surface area contributed by atoms with Gasteiger partial charge in [0.25, 0.3) is 0 Å². The molecule has 0 atom stereocenters. The van der Waals surface area contributed by atoms with Gasteiger partial charge >= 0.3 is 0 Å². The average Bonchev–Trinajstić information content (AvgIpc) is 2.38. The van der Waals surface area contributed by atoms with Crippen LogP contribution in [0.4, 0.5) is 5.69 Å². The zero-order valence-electron chi connectivity index (χ0n) is 10.5. The molecule has 3 heteroatoms. The average molecular weight is 235 g/mol. The Balaban J connectivity index is 1.81. The van der Waals surface area contributed by atoms with Crippen molar-refractivity contribution < 1.29 is 9.47 Å². The van der Waals surface area contributed by atoms with Gasteiger partial charge in [0.1, 0.15) is 12.4 Å². The van der Waals surface area contributed by atoms with Crippen molar-refractivity contribution in [2.75, 3.05) is 31.7 Å². The molecule has 1 heterocycles. The van der Waals surface area contributed by atoms with E-state index >= 15 is 0 Å². The molecule has 0 amide bonds. The SMILES string of the molecule is CCCOCCOc1ccc2c(c1)NCCC2. The van der Waals surface area contributed by atoms with Gasteiger partial charge in [-0.1, -0.05) is 13.0 Å². The molecule has 94 valence electrons. The number of fused-ring (bicyclic) bond motifs is 1. The molecule has 1 aliphatic heterocycles. The molecule has 0 saturated carbocycles. The van der Waals surface area contributed by atoms with E-state index in [4.69, 9.17) is 9.47 Å². The standard InChI is InChI=1S/C14H21NO2/c1-2-8-16-9-10-17-13-6-5-12-4-3-7-15-14(12)11-13/h5-6,11,15H,2-4,7-10H2,1H3. The summed E-state index contributed by atoms with van der Waals surface area (Å²) < 4.78 is 11.0. The second-order valence-electron chi connectivity index (χ2n) is 4.31. The van der Waals surface area contributed by atoms with E-state index in [0.717, 1.165) is 25.3 Å². The summed E-state index contributed by atoms with van der Waals surface area (Å²) in [5, 5.41) is 3.40. The molecule has 17 heavy (non-hydrogen) atoms. The van der Waals surface area contributed by atoms with E-state index in [9.17, 15) is 0 Å². The first kappa shape index (κ1) is 12.2. The van der Waals surface area contributed by atoms with Gasteiger partial charge in [0.05, 0.1) is 6.61 Å². The molecule has 1 N–H and O–H groups in total. The summed E-state index contributed by atoms with van der Waals surface area (Å²) in [6, 6.07) is 6.30. The Morgan fingerprint density at radius 1 is 1.24 bits per heavy atom. The fourth-order valence-electron chi connectivity index (χ4n) is 1.99. The van der Waals surface area contributed by atoms with Crippen LogP contribution in [-0.4, -0.2) is 26.4 Å². The first-order chi connectivity index (χ1) is 8.40. The highest BCUT2D eigenvalue weighted by Crippen LogP contribution is 2.26. The first-order valence-corrected chi connectivity index (χ1v) is 6.47. The Kier molecular flexibility index (Phi) is 4.68. The topological polar surface area (TPSA) is 30.5 Å². The van der Waals surface area contributed by atoms with E-state index < -0.39 is 0 Å². The minimum absolute atomic E-state index is 0.624. The van der Waals surface area contributed by atoms with Gasteiger partial charge < -0.3 is 14.8 Å². The van der Waals surface area contributed by atoms with Gasteiger partial charge in [-0.3, -0.25) is 0 Å². The number of rotatable bonds is 6. The largest absolute Gasteiger partial charge is 0.491 e. The summed E-state index contributed by atoms with van der Waals surface area (Å²) in [5.74, 6) is 0.929. The zero-order chi connectivity index (χ0) is 11.9. The van der Waals surface area contributed by atoms with Crippen LogP contribution in [0.2, 0.25) is 0 Å². The third kappa shape index (κ3) is 3.63. The quantitative estimate of drug-likeness (QED) is 0.769. The van der Waals surface area contributed by atoms with Crippen molar-refractivity contribution in [2.24, 2.45) is 0 Å². The molecule has 0 fully saturated rings. The molecule has 0 aromatic heterocycles. The number of nitrogens with one attached hydrogen (secondary N) is 1. The van der Waals surface area contributed by atoms with Crippen molar-refractivity contribution in [3.63, 3.8) is 0 Å². The van der Waals surface area contributed by atoms with E-state index in [1.54, 1.807) is 0 Å². The lowest BCUT2D eigenvalue weighted by atomic mass is 10.0. The molecule has 0 unspecified atom stereocenters. The molecule has 1 aromatic rings. The Morgan fingerprint density at radius 3 is 3.06 bits per heavy atom. The Hall–Kier alpha value is -1.22. The number of hydrogen-bond donors (Lipinski definition) is 1. The fourth-order valence-corrected chi connectivity index (χ4v) is 1.99. The van der Waals surface area contributed by atoms with Gasteiger partial charge in [-0.15, -0.1) is 0 Å². The predicted octanol–water partition coefficient (Wildman–Crippen LogP) is 2.85. The van der Waals surface area contributed by atoms with Crippen molar-refractivity contribution in [2.45, 2.75) is 26.2 Å². The van der Waals surface area contributed by atoms with Gasteiger partial charge in [0, 0.05) is 24.9 Å². The van der Waals surface area contributed by atoms with Crippen LogP contribution in [-0.2, 0) is 11.2 Å². The van der Waals surface area contributed by atoms with Crippen molar-refractivity contribution in [1.29, 1.82) is 0 Å². The lowest BCUT2D eigenvalue weighted by molar-refractivity contribution is 0.101. The van der Waals surface area contributed by atoms with Crippen LogP contribution in [0.3, 0.4) is 0 Å². The second-order valence-corrected chi connectivity index (χ2v) is 4.31. The van der Waals surface area contributed by atoms with E-state index in [1.165, 1.54) is 24.1 Å². The van der Waals surface area contributed by atoms with Crippen LogP contribution in [0, 0.1) is 0 Å². The van der Waals surface area contributed by atoms with Crippen LogP contribution in [0.1, 0.15) is 25.3 Å². The van der Waals surface area contributed by atoms with E-state index in [-0.39, 0.29) is 0 Å². The van der Waals surface area contributed by atoms with Crippen molar-refractivity contribution in [3.05, 3.63) is 23.8 Å². The zero-order valence-corrected chi connectivity index (χ0v) is 10.5. The van der Waals surface area contributed by atoms with Gasteiger partial charge in [0.2, 0.25) is 0 Å². The Bertz CT molecular complexity index is 352. The maximum Gasteiger partial charge on any atom is 0.121 e. The minimum Gasteiger partial charge on any atom is -0.491 e. The maximum atomic E-state index is 5.65. The smallest absolute Gasteiger partial charge is 0.121 e. The third-order valence-electron chi connectivity index (χ3n) is 2.86. The fraction of sp³-hybridized carbons (Fsp3) is 0.571. The normalized spacial score (nSPS) is 13.9. The van der Waals surface area contributed by atoms with Crippen molar-refractivity contribution >= 4 is 5.69 Å². The predicted molar refractivity (Wildman–Crippen MR) is 69.9 cm³/mol. The van der Waals surface area contributed by atoms with E-state index in [0.29, 0.717) is 13.2 Å². The highest BCUT2D eigenvalue weighted by Gasteiger charge is 2.08. The van der Waals surface area contributed by atoms with Crippen LogP contribution in [0.15, 0.2) is 18.2 Å². The first-order valence-electron chi connectivity index (χ1n) is 6.47. The van der Waals surface area contributed by atoms with Gasteiger partial charge in [-0.25, -0.2) is 0 Å². The number of aryl methyl sites for hydroxylation is 1. The monoisotopic (exact) mass is 235 g/mol. The summed E-state index contributed by atoms with van der Waals surface area (Å²) in [7, 11) is 0. The van der Waals surface area contributed by atoms with Gasteiger partial charge in [-0.2, -0.15) is 0 Å². The summed E-state index contributed by atoms with van der Waals surface area (Å²) in [4.78, 5) is 0.